The van der Waals surface area contributed by atoms with Crippen molar-refractivity contribution in [3.05, 3.63) is 60.3 Å². The van der Waals surface area contributed by atoms with Gasteiger partial charge >= 0.3 is 0 Å². The maximum atomic E-state index is 11.3. The van der Waals surface area contributed by atoms with Crippen molar-refractivity contribution < 1.29 is 19.0 Å². The first-order valence-corrected chi connectivity index (χ1v) is 8.03. The molecule has 0 aliphatic carbocycles. The van der Waals surface area contributed by atoms with Crippen LogP contribution in [0.25, 0.3) is 0 Å². The third-order valence-electron chi connectivity index (χ3n) is 3.21. The highest BCUT2D eigenvalue weighted by molar-refractivity contribution is 7.15. The normalized spacial score (nSPS) is 10.2. The van der Waals surface area contributed by atoms with Crippen LogP contribution in [-0.4, -0.2) is 17.9 Å². The third-order valence-corrected chi connectivity index (χ3v) is 3.96. The van der Waals surface area contributed by atoms with E-state index in [4.69, 9.17) is 14.2 Å². The van der Waals surface area contributed by atoms with Crippen molar-refractivity contribution in [1.82, 2.24) is 4.98 Å². The standard InChI is InChI=1S/C18H15NO4S/c1-12(20)13-7-9-14(10-8-13)22-17-11-19-18(24-17)23-16-6-4-3-5-15(16)21-2/h3-11H,1-2H3. The minimum Gasteiger partial charge on any atom is -0.493 e. The second-order valence-electron chi connectivity index (χ2n) is 4.88. The van der Waals surface area contributed by atoms with Crippen molar-refractivity contribution in [3.63, 3.8) is 0 Å². The van der Waals surface area contributed by atoms with Gasteiger partial charge in [0.05, 0.1) is 13.3 Å². The van der Waals surface area contributed by atoms with Crippen molar-refractivity contribution in [1.29, 1.82) is 0 Å². The molecule has 122 valence electrons. The maximum absolute atomic E-state index is 11.3. The molecule has 0 saturated carbocycles. The lowest BCUT2D eigenvalue weighted by Crippen LogP contribution is -1.90. The highest BCUT2D eigenvalue weighted by Crippen LogP contribution is 2.37. The Balaban J connectivity index is 1.70. The van der Waals surface area contributed by atoms with Crippen LogP contribution in [0.3, 0.4) is 0 Å². The summed E-state index contributed by atoms with van der Waals surface area (Å²) in [4.78, 5) is 15.5. The lowest BCUT2D eigenvalue weighted by atomic mass is 10.1. The van der Waals surface area contributed by atoms with Gasteiger partial charge in [0.1, 0.15) is 5.75 Å². The molecule has 0 aliphatic rings. The minimum atomic E-state index is 0.0202. The zero-order valence-electron chi connectivity index (χ0n) is 13.2. The Kier molecular flexibility index (Phi) is 4.77. The summed E-state index contributed by atoms with van der Waals surface area (Å²) in [6.45, 7) is 1.53. The molecule has 6 heteroatoms. The van der Waals surface area contributed by atoms with Crippen LogP contribution in [0.4, 0.5) is 0 Å². The largest absolute Gasteiger partial charge is 0.493 e. The smallest absolute Gasteiger partial charge is 0.282 e. The van der Waals surface area contributed by atoms with E-state index in [1.54, 1.807) is 43.6 Å². The maximum Gasteiger partial charge on any atom is 0.282 e. The number of para-hydroxylation sites is 2. The fraction of sp³-hybridized carbons (Fsp3) is 0.111. The number of Topliss-reactive ketones (excluding diaryl/α,β-unsaturated/α-hetero) is 1. The third kappa shape index (κ3) is 3.72. The minimum absolute atomic E-state index is 0.0202. The van der Waals surface area contributed by atoms with E-state index in [0.717, 1.165) is 0 Å². The molecule has 2 aromatic carbocycles. The zero-order valence-corrected chi connectivity index (χ0v) is 14.0. The molecule has 0 amide bonds. The molecule has 3 rings (SSSR count). The summed E-state index contributed by atoms with van der Waals surface area (Å²) in [5.41, 5.74) is 0.645. The zero-order chi connectivity index (χ0) is 16.9. The first kappa shape index (κ1) is 16.0. The van der Waals surface area contributed by atoms with E-state index in [2.05, 4.69) is 4.98 Å². The monoisotopic (exact) mass is 341 g/mol. The molecule has 0 saturated heterocycles. The SMILES string of the molecule is COc1ccccc1Oc1ncc(Oc2ccc(C(C)=O)cc2)s1. The van der Waals surface area contributed by atoms with Crippen molar-refractivity contribution in [3.8, 4) is 27.5 Å². The van der Waals surface area contributed by atoms with Crippen LogP contribution in [0, 0.1) is 0 Å². The van der Waals surface area contributed by atoms with E-state index >= 15 is 0 Å². The molecular weight excluding hydrogens is 326 g/mol. The second kappa shape index (κ2) is 7.14. The molecule has 0 unspecified atom stereocenters. The summed E-state index contributed by atoms with van der Waals surface area (Å²) in [5, 5.41) is 1.05. The van der Waals surface area contributed by atoms with Gasteiger partial charge in [-0.15, -0.1) is 0 Å². The number of hydrogen-bond acceptors (Lipinski definition) is 6. The van der Waals surface area contributed by atoms with Crippen molar-refractivity contribution in [2.24, 2.45) is 0 Å². The van der Waals surface area contributed by atoms with Gasteiger partial charge < -0.3 is 14.2 Å². The number of carbonyl (C=O) groups is 1. The van der Waals surface area contributed by atoms with E-state index in [-0.39, 0.29) is 5.78 Å². The summed E-state index contributed by atoms with van der Waals surface area (Å²) >= 11 is 1.27. The van der Waals surface area contributed by atoms with Crippen LogP contribution in [-0.2, 0) is 0 Å². The molecule has 0 bridgehead atoms. The van der Waals surface area contributed by atoms with Crippen molar-refractivity contribution >= 4 is 17.1 Å². The Morgan fingerprint density at radius 1 is 1.00 bits per heavy atom. The number of nitrogens with zero attached hydrogens (tertiary/aromatic N) is 1. The number of aromatic nitrogens is 1. The van der Waals surface area contributed by atoms with Crippen molar-refractivity contribution in [2.75, 3.05) is 7.11 Å². The fourth-order valence-corrected chi connectivity index (χ4v) is 2.66. The van der Waals surface area contributed by atoms with Gasteiger partial charge in [-0.1, -0.05) is 12.1 Å². The van der Waals surface area contributed by atoms with Gasteiger partial charge in [-0.05, 0) is 54.7 Å². The number of rotatable bonds is 6. The quantitative estimate of drug-likeness (QED) is 0.594. The number of benzene rings is 2. The summed E-state index contributed by atoms with van der Waals surface area (Å²) < 4.78 is 16.7. The molecule has 0 spiro atoms. The molecule has 5 nitrogen and oxygen atoms in total. The molecule has 0 fully saturated rings. The van der Waals surface area contributed by atoms with Gasteiger partial charge in [-0.25, -0.2) is 4.98 Å². The van der Waals surface area contributed by atoms with Gasteiger partial charge in [0.2, 0.25) is 5.06 Å². The van der Waals surface area contributed by atoms with Gasteiger partial charge in [0.25, 0.3) is 5.19 Å². The number of carbonyl (C=O) groups excluding carboxylic acids is 1. The predicted octanol–water partition coefficient (Wildman–Crippen LogP) is 4.94. The molecule has 1 heterocycles. The first-order chi connectivity index (χ1) is 11.7. The molecule has 1 aromatic heterocycles. The second-order valence-corrected chi connectivity index (χ2v) is 5.84. The number of ether oxygens (including phenoxy) is 3. The molecule has 24 heavy (non-hydrogen) atoms. The predicted molar refractivity (Wildman–Crippen MR) is 91.7 cm³/mol. The fourth-order valence-electron chi connectivity index (χ4n) is 2.01. The average Bonchev–Trinajstić information content (AvgIpc) is 3.03. The van der Waals surface area contributed by atoms with E-state index in [9.17, 15) is 4.79 Å². The number of thiazole rings is 1. The van der Waals surface area contributed by atoms with E-state index in [1.807, 2.05) is 18.2 Å². The Morgan fingerprint density at radius 3 is 2.38 bits per heavy atom. The summed E-state index contributed by atoms with van der Waals surface area (Å²) in [7, 11) is 1.59. The van der Waals surface area contributed by atoms with E-state index < -0.39 is 0 Å². The molecule has 0 N–H and O–H groups in total. The van der Waals surface area contributed by atoms with Crippen LogP contribution < -0.4 is 14.2 Å². The van der Waals surface area contributed by atoms with Gasteiger partial charge in [-0.3, -0.25) is 4.79 Å². The van der Waals surface area contributed by atoms with Crippen LogP contribution in [0.15, 0.2) is 54.7 Å². The molecule has 0 radical (unpaired) electrons. The summed E-state index contributed by atoms with van der Waals surface area (Å²) in [6.07, 6.45) is 1.59. The number of ketones is 1. The molecule has 0 atom stereocenters. The number of methoxy groups -OCH3 is 1. The topological polar surface area (TPSA) is 57.6 Å². The van der Waals surface area contributed by atoms with Crippen LogP contribution >= 0.6 is 11.3 Å². The van der Waals surface area contributed by atoms with E-state index in [0.29, 0.717) is 33.1 Å². The number of hydrogen-bond donors (Lipinski definition) is 0. The van der Waals surface area contributed by atoms with Gasteiger partial charge in [0, 0.05) is 5.56 Å². The molecular formula is C18H15NO4S. The van der Waals surface area contributed by atoms with Crippen LogP contribution in [0.1, 0.15) is 17.3 Å². The lowest BCUT2D eigenvalue weighted by molar-refractivity contribution is 0.101. The van der Waals surface area contributed by atoms with E-state index in [1.165, 1.54) is 18.3 Å². The highest BCUT2D eigenvalue weighted by Gasteiger charge is 2.10. The van der Waals surface area contributed by atoms with Gasteiger partial charge in [0.15, 0.2) is 17.3 Å². The Bertz CT molecular complexity index is 842. The summed E-state index contributed by atoms with van der Waals surface area (Å²) in [5.74, 6) is 1.88. The van der Waals surface area contributed by atoms with Crippen LogP contribution in [0.5, 0.6) is 27.5 Å². The Hall–Kier alpha value is -2.86. The van der Waals surface area contributed by atoms with Crippen molar-refractivity contribution in [2.45, 2.75) is 6.92 Å². The Labute approximate surface area is 143 Å². The molecule has 0 aliphatic heterocycles. The first-order valence-electron chi connectivity index (χ1n) is 7.21. The highest BCUT2D eigenvalue weighted by atomic mass is 32.1. The van der Waals surface area contributed by atoms with Gasteiger partial charge in [-0.2, -0.15) is 0 Å². The molecule has 3 aromatic rings. The Morgan fingerprint density at radius 2 is 1.71 bits per heavy atom. The average molecular weight is 341 g/mol. The summed E-state index contributed by atoms with van der Waals surface area (Å²) in [6, 6.07) is 14.3. The lowest BCUT2D eigenvalue weighted by Gasteiger charge is -2.06. The van der Waals surface area contributed by atoms with Crippen LogP contribution in [0.2, 0.25) is 0 Å².